The lowest BCUT2D eigenvalue weighted by molar-refractivity contribution is 0.100. The van der Waals surface area contributed by atoms with Crippen molar-refractivity contribution in [3.63, 3.8) is 0 Å². The Morgan fingerprint density at radius 1 is 1.58 bits per heavy atom. The Labute approximate surface area is 70.4 Å². The predicted molar refractivity (Wildman–Crippen MR) is 43.0 cm³/mol. The summed E-state index contributed by atoms with van der Waals surface area (Å²) in [6, 6.07) is 0. The molecule has 1 N–H and O–H groups in total. The number of H-pyrrole nitrogens is 1. The van der Waals surface area contributed by atoms with Gasteiger partial charge in [0.25, 0.3) is 0 Å². The highest BCUT2D eigenvalue weighted by molar-refractivity contribution is 5.90. The van der Waals surface area contributed by atoms with Crippen LogP contribution in [0, 0.1) is 0 Å². The molecule has 0 bridgehead atoms. The minimum absolute atomic E-state index is 0.0724. The lowest BCUT2D eigenvalue weighted by Gasteiger charge is -2.22. The van der Waals surface area contributed by atoms with Gasteiger partial charge < -0.3 is 0 Å². The Bertz CT molecular complexity index is 301. The van der Waals surface area contributed by atoms with Crippen molar-refractivity contribution in [2.24, 2.45) is 0 Å². The molecular formula is C8H11N3O. The summed E-state index contributed by atoms with van der Waals surface area (Å²) in [7, 11) is 0. The molecule has 2 rings (SSSR count). The van der Waals surface area contributed by atoms with E-state index in [1.807, 2.05) is 0 Å². The molecule has 0 spiro atoms. The van der Waals surface area contributed by atoms with Gasteiger partial charge in [0, 0.05) is 12.8 Å². The van der Waals surface area contributed by atoms with E-state index in [1.54, 1.807) is 0 Å². The number of nitrogens with one attached hydrogen (secondary N) is 1. The van der Waals surface area contributed by atoms with Crippen molar-refractivity contribution >= 4 is 5.78 Å². The van der Waals surface area contributed by atoms with E-state index in [1.165, 1.54) is 26.2 Å². The monoisotopic (exact) mass is 165 g/mol. The van der Waals surface area contributed by atoms with Crippen LogP contribution in [0.3, 0.4) is 0 Å². The van der Waals surface area contributed by atoms with Crippen LogP contribution in [-0.2, 0) is 0 Å². The Hall–Kier alpha value is -1.19. The van der Waals surface area contributed by atoms with Gasteiger partial charge in [-0.1, -0.05) is 6.42 Å². The zero-order chi connectivity index (χ0) is 8.55. The lowest BCUT2D eigenvalue weighted by atomic mass is 9.85. The van der Waals surface area contributed by atoms with Crippen molar-refractivity contribution in [3.05, 3.63) is 11.6 Å². The summed E-state index contributed by atoms with van der Waals surface area (Å²) in [6.07, 6.45) is 3.61. The van der Waals surface area contributed by atoms with Gasteiger partial charge in [0.15, 0.2) is 5.78 Å². The number of nitrogens with zero attached hydrogens (tertiary/aromatic N) is 2. The van der Waals surface area contributed by atoms with E-state index in [9.17, 15) is 4.79 Å². The molecular weight excluding hydrogens is 154 g/mol. The summed E-state index contributed by atoms with van der Waals surface area (Å²) in [5, 5.41) is 6.64. The number of carbonyl (C=O) groups is 1. The van der Waals surface area contributed by atoms with Gasteiger partial charge in [0.05, 0.1) is 0 Å². The quantitative estimate of drug-likeness (QED) is 0.671. The Morgan fingerprint density at radius 2 is 2.33 bits per heavy atom. The second kappa shape index (κ2) is 2.69. The van der Waals surface area contributed by atoms with Crippen molar-refractivity contribution in [2.75, 3.05) is 0 Å². The van der Waals surface area contributed by atoms with Crippen LogP contribution in [0.25, 0.3) is 0 Å². The third kappa shape index (κ3) is 1.13. The van der Waals surface area contributed by atoms with Crippen molar-refractivity contribution in [3.8, 4) is 0 Å². The van der Waals surface area contributed by atoms with Crippen LogP contribution < -0.4 is 0 Å². The molecule has 4 nitrogen and oxygen atoms in total. The van der Waals surface area contributed by atoms with Crippen molar-refractivity contribution in [1.29, 1.82) is 0 Å². The number of carbonyl (C=O) groups excluding carboxylic acids is 1. The lowest BCUT2D eigenvalue weighted by Crippen LogP contribution is -2.10. The van der Waals surface area contributed by atoms with Crippen LogP contribution in [0.1, 0.15) is 48.5 Å². The summed E-state index contributed by atoms with van der Waals surface area (Å²) in [5.41, 5.74) is 0. The first-order chi connectivity index (χ1) is 5.77. The Morgan fingerprint density at radius 3 is 2.75 bits per heavy atom. The van der Waals surface area contributed by atoms with Gasteiger partial charge in [-0.25, -0.2) is 4.98 Å². The molecule has 0 amide bonds. The number of aromatic nitrogens is 3. The maximum atomic E-state index is 10.8. The molecule has 1 aliphatic carbocycles. The molecule has 0 atom stereocenters. The first kappa shape index (κ1) is 7.46. The van der Waals surface area contributed by atoms with Crippen LogP contribution in [0.2, 0.25) is 0 Å². The van der Waals surface area contributed by atoms with E-state index in [4.69, 9.17) is 0 Å². The molecule has 0 aromatic carbocycles. The van der Waals surface area contributed by atoms with E-state index in [2.05, 4.69) is 15.2 Å². The second-order valence-electron chi connectivity index (χ2n) is 3.23. The first-order valence-corrected chi connectivity index (χ1v) is 4.20. The maximum Gasteiger partial charge on any atom is 0.216 e. The first-order valence-electron chi connectivity index (χ1n) is 4.20. The molecule has 4 heteroatoms. The van der Waals surface area contributed by atoms with Gasteiger partial charge in [-0.05, 0) is 12.8 Å². The molecule has 1 heterocycles. The molecule has 0 radical (unpaired) electrons. The van der Waals surface area contributed by atoms with E-state index in [0.29, 0.717) is 11.7 Å². The summed E-state index contributed by atoms with van der Waals surface area (Å²) < 4.78 is 0. The van der Waals surface area contributed by atoms with Crippen LogP contribution in [0.5, 0.6) is 0 Å². The van der Waals surface area contributed by atoms with Crippen molar-refractivity contribution in [2.45, 2.75) is 32.1 Å². The topological polar surface area (TPSA) is 58.6 Å². The number of hydrogen-bond donors (Lipinski definition) is 1. The SMILES string of the molecule is CC(=O)c1n[nH]c(C2CCC2)n1. The standard InChI is InChI=1S/C8H11N3O/c1-5(12)7-9-8(11-10-7)6-3-2-4-6/h6H,2-4H2,1H3,(H,9,10,11). The summed E-state index contributed by atoms with van der Waals surface area (Å²) >= 11 is 0. The highest BCUT2D eigenvalue weighted by Crippen LogP contribution is 2.33. The zero-order valence-corrected chi connectivity index (χ0v) is 7.00. The predicted octanol–water partition coefficient (Wildman–Crippen LogP) is 1.27. The van der Waals surface area contributed by atoms with Crippen LogP contribution >= 0.6 is 0 Å². The molecule has 0 aliphatic heterocycles. The van der Waals surface area contributed by atoms with E-state index in [0.717, 1.165) is 5.82 Å². The van der Waals surface area contributed by atoms with Gasteiger partial charge in [0.1, 0.15) is 5.82 Å². The fraction of sp³-hybridized carbons (Fsp3) is 0.625. The third-order valence-electron chi connectivity index (χ3n) is 2.31. The van der Waals surface area contributed by atoms with E-state index < -0.39 is 0 Å². The molecule has 1 saturated carbocycles. The molecule has 1 aromatic rings. The average molecular weight is 165 g/mol. The fourth-order valence-electron chi connectivity index (χ4n) is 1.30. The molecule has 1 aliphatic rings. The second-order valence-corrected chi connectivity index (χ2v) is 3.23. The van der Waals surface area contributed by atoms with Crippen LogP contribution in [0.15, 0.2) is 0 Å². The van der Waals surface area contributed by atoms with Gasteiger partial charge in [-0.15, -0.1) is 0 Å². The number of ketones is 1. The number of hydrogen-bond acceptors (Lipinski definition) is 3. The smallest absolute Gasteiger partial charge is 0.216 e. The Balaban J connectivity index is 2.17. The average Bonchev–Trinajstić information content (AvgIpc) is 2.32. The summed E-state index contributed by atoms with van der Waals surface area (Å²) in [5.74, 6) is 1.64. The summed E-state index contributed by atoms with van der Waals surface area (Å²) in [6.45, 7) is 1.48. The molecule has 1 aromatic heterocycles. The van der Waals surface area contributed by atoms with Gasteiger partial charge in [-0.2, -0.15) is 5.10 Å². The number of Topliss-reactive ketones (excluding diaryl/α,β-unsaturated/α-hetero) is 1. The van der Waals surface area contributed by atoms with Crippen LogP contribution in [-0.4, -0.2) is 21.0 Å². The third-order valence-corrected chi connectivity index (χ3v) is 2.31. The number of rotatable bonds is 2. The Kier molecular flexibility index (Phi) is 1.67. The van der Waals surface area contributed by atoms with E-state index in [-0.39, 0.29) is 5.78 Å². The largest absolute Gasteiger partial charge is 0.291 e. The minimum Gasteiger partial charge on any atom is -0.291 e. The minimum atomic E-state index is -0.0724. The molecule has 12 heavy (non-hydrogen) atoms. The van der Waals surface area contributed by atoms with Crippen molar-refractivity contribution in [1.82, 2.24) is 15.2 Å². The normalized spacial score (nSPS) is 17.4. The fourth-order valence-corrected chi connectivity index (χ4v) is 1.30. The molecule has 64 valence electrons. The zero-order valence-electron chi connectivity index (χ0n) is 7.00. The van der Waals surface area contributed by atoms with Gasteiger partial charge in [0.2, 0.25) is 5.82 Å². The maximum absolute atomic E-state index is 10.8. The molecule has 0 saturated heterocycles. The summed E-state index contributed by atoms with van der Waals surface area (Å²) in [4.78, 5) is 15.0. The van der Waals surface area contributed by atoms with Crippen molar-refractivity contribution < 1.29 is 4.79 Å². The number of aromatic amines is 1. The van der Waals surface area contributed by atoms with Gasteiger partial charge in [-0.3, -0.25) is 9.89 Å². The highest BCUT2D eigenvalue weighted by atomic mass is 16.1. The van der Waals surface area contributed by atoms with Gasteiger partial charge >= 0.3 is 0 Å². The molecule has 0 unspecified atom stereocenters. The highest BCUT2D eigenvalue weighted by Gasteiger charge is 2.23. The van der Waals surface area contributed by atoms with E-state index >= 15 is 0 Å². The molecule has 1 fully saturated rings. The van der Waals surface area contributed by atoms with Crippen LogP contribution in [0.4, 0.5) is 0 Å².